The number of carbonyl (C=O) groups excluding carboxylic acids is 2. The molecular formula is C25H26N6O5. The molecular weight excluding hydrogens is 464 g/mol. The van der Waals surface area contributed by atoms with Crippen molar-refractivity contribution in [2.75, 3.05) is 19.7 Å². The fourth-order valence-corrected chi connectivity index (χ4v) is 4.35. The highest BCUT2D eigenvalue weighted by atomic mass is 16.5. The van der Waals surface area contributed by atoms with Gasteiger partial charge in [-0.25, -0.2) is 13.9 Å². The molecule has 0 unspecified atom stereocenters. The van der Waals surface area contributed by atoms with E-state index < -0.39 is 5.69 Å². The Morgan fingerprint density at radius 3 is 2.78 bits per heavy atom. The Morgan fingerprint density at radius 1 is 1.19 bits per heavy atom. The van der Waals surface area contributed by atoms with E-state index in [0.29, 0.717) is 43.0 Å². The van der Waals surface area contributed by atoms with Crippen LogP contribution in [0.25, 0.3) is 28.5 Å². The summed E-state index contributed by atoms with van der Waals surface area (Å²) in [4.78, 5) is 44.2. The zero-order valence-electron chi connectivity index (χ0n) is 20.1. The molecule has 3 aromatic heterocycles. The van der Waals surface area contributed by atoms with Crippen molar-refractivity contribution in [2.24, 2.45) is 5.92 Å². The minimum atomic E-state index is -0.461. The van der Waals surface area contributed by atoms with Crippen LogP contribution < -0.4 is 5.69 Å². The number of nitrogens with zero attached hydrogens (tertiary/aromatic N) is 6. The van der Waals surface area contributed by atoms with E-state index in [1.165, 1.54) is 4.40 Å². The van der Waals surface area contributed by atoms with Gasteiger partial charge in [0.15, 0.2) is 5.65 Å². The number of fused-ring (bicyclic) bond motifs is 1. The van der Waals surface area contributed by atoms with Crippen molar-refractivity contribution < 1.29 is 18.8 Å². The lowest BCUT2D eigenvalue weighted by molar-refractivity contribution is -0.151. The molecule has 186 valence electrons. The van der Waals surface area contributed by atoms with Crippen LogP contribution in [0.15, 0.2) is 51.9 Å². The number of aryl methyl sites for hydroxylation is 1. The number of piperidine rings is 1. The minimum absolute atomic E-state index is 0.216. The van der Waals surface area contributed by atoms with Crippen molar-refractivity contribution in [3.05, 3.63) is 58.6 Å². The first-order valence-electron chi connectivity index (χ1n) is 11.9. The van der Waals surface area contributed by atoms with Crippen LogP contribution in [0.4, 0.5) is 0 Å². The Kier molecular flexibility index (Phi) is 6.36. The molecule has 0 radical (unpaired) electrons. The largest absolute Gasteiger partial charge is 0.466 e. The number of ether oxygens (including phenoxy) is 1. The number of pyridine rings is 1. The molecule has 4 aromatic rings. The quantitative estimate of drug-likeness (QED) is 0.377. The summed E-state index contributed by atoms with van der Waals surface area (Å²) in [7, 11) is 0. The van der Waals surface area contributed by atoms with Gasteiger partial charge in [-0.2, -0.15) is 4.98 Å². The number of benzene rings is 1. The zero-order chi connectivity index (χ0) is 25.2. The molecule has 0 bridgehead atoms. The lowest BCUT2D eigenvalue weighted by atomic mass is 9.98. The van der Waals surface area contributed by atoms with Gasteiger partial charge < -0.3 is 14.2 Å². The molecule has 1 saturated heterocycles. The summed E-state index contributed by atoms with van der Waals surface area (Å²) in [6.45, 7) is 4.60. The zero-order valence-corrected chi connectivity index (χ0v) is 20.1. The highest BCUT2D eigenvalue weighted by Gasteiger charge is 2.30. The van der Waals surface area contributed by atoms with Crippen LogP contribution in [0.2, 0.25) is 0 Å². The van der Waals surface area contributed by atoms with Crippen molar-refractivity contribution in [2.45, 2.75) is 33.2 Å². The summed E-state index contributed by atoms with van der Waals surface area (Å²) in [5, 5.41) is 8.47. The van der Waals surface area contributed by atoms with Gasteiger partial charge in [0.05, 0.1) is 18.1 Å². The van der Waals surface area contributed by atoms with E-state index >= 15 is 0 Å². The van der Waals surface area contributed by atoms with Gasteiger partial charge in [0.25, 0.3) is 5.89 Å². The molecule has 1 aliphatic heterocycles. The average molecular weight is 491 g/mol. The van der Waals surface area contributed by atoms with E-state index in [9.17, 15) is 14.4 Å². The monoisotopic (exact) mass is 490 g/mol. The van der Waals surface area contributed by atoms with Crippen molar-refractivity contribution in [1.29, 1.82) is 0 Å². The third kappa shape index (κ3) is 4.51. The van der Waals surface area contributed by atoms with Crippen LogP contribution in [0.3, 0.4) is 0 Å². The van der Waals surface area contributed by atoms with Crippen LogP contribution in [-0.4, -0.2) is 60.8 Å². The summed E-state index contributed by atoms with van der Waals surface area (Å²) in [6.07, 6.45) is 2.94. The first-order chi connectivity index (χ1) is 17.4. The molecule has 5 rings (SSSR count). The maximum absolute atomic E-state index is 13.0. The molecule has 0 spiro atoms. The van der Waals surface area contributed by atoms with Crippen molar-refractivity contribution in [3.8, 4) is 22.8 Å². The van der Waals surface area contributed by atoms with E-state index in [4.69, 9.17) is 9.26 Å². The van der Waals surface area contributed by atoms with Gasteiger partial charge in [0.2, 0.25) is 11.7 Å². The standard InChI is InChI=1S/C25H26N6O5/c1-3-35-24(33)18-6-4-12-29(14-18)20(32)15-31-25(34)30-13-5-7-19(22(30)27-31)23-26-21(28-36-23)17-10-8-16(2)9-11-17/h5,7-11,13,18H,3-4,6,12,14-15H2,1-2H3/t18-/m0/s1. The van der Waals surface area contributed by atoms with E-state index in [1.807, 2.05) is 31.2 Å². The fourth-order valence-electron chi connectivity index (χ4n) is 4.35. The first-order valence-corrected chi connectivity index (χ1v) is 11.9. The lowest BCUT2D eigenvalue weighted by Gasteiger charge is -2.31. The molecule has 1 aliphatic rings. The first kappa shape index (κ1) is 23.5. The number of rotatable bonds is 6. The van der Waals surface area contributed by atoms with Crippen molar-refractivity contribution in [3.63, 3.8) is 0 Å². The van der Waals surface area contributed by atoms with E-state index in [0.717, 1.165) is 15.8 Å². The maximum Gasteiger partial charge on any atom is 0.350 e. The highest BCUT2D eigenvalue weighted by molar-refractivity contribution is 5.78. The normalized spacial score (nSPS) is 15.8. The van der Waals surface area contributed by atoms with Crippen molar-refractivity contribution in [1.82, 2.24) is 29.2 Å². The average Bonchev–Trinajstić information content (AvgIpc) is 3.50. The molecule has 0 aliphatic carbocycles. The van der Waals surface area contributed by atoms with E-state index in [1.54, 1.807) is 30.2 Å². The number of likely N-dealkylation sites (tertiary alicyclic amines) is 1. The minimum Gasteiger partial charge on any atom is -0.466 e. The topological polar surface area (TPSA) is 125 Å². The third-order valence-corrected chi connectivity index (χ3v) is 6.25. The second-order valence-corrected chi connectivity index (χ2v) is 8.78. The second-order valence-electron chi connectivity index (χ2n) is 8.78. The van der Waals surface area contributed by atoms with Crippen LogP contribution in [0.1, 0.15) is 25.3 Å². The Balaban J connectivity index is 1.39. The molecule has 0 saturated carbocycles. The van der Waals surface area contributed by atoms with Gasteiger partial charge >= 0.3 is 11.7 Å². The molecule has 1 atom stereocenters. The SMILES string of the molecule is CCOC(=O)[C@H]1CCCN(C(=O)Cn2nc3c(-c4nc(-c5ccc(C)cc5)no4)cccn3c2=O)C1. The van der Waals surface area contributed by atoms with Gasteiger partial charge in [-0.15, -0.1) is 5.10 Å². The number of hydrogen-bond donors (Lipinski definition) is 0. The Morgan fingerprint density at radius 2 is 2.00 bits per heavy atom. The summed E-state index contributed by atoms with van der Waals surface area (Å²) < 4.78 is 13.0. The number of carbonyl (C=O) groups is 2. The number of amides is 1. The molecule has 1 aromatic carbocycles. The summed E-state index contributed by atoms with van der Waals surface area (Å²) in [5.74, 6) is -0.296. The molecule has 11 nitrogen and oxygen atoms in total. The van der Waals surface area contributed by atoms with E-state index in [2.05, 4.69) is 15.2 Å². The van der Waals surface area contributed by atoms with Crippen LogP contribution in [-0.2, 0) is 20.9 Å². The molecule has 11 heteroatoms. The van der Waals surface area contributed by atoms with Crippen LogP contribution >= 0.6 is 0 Å². The highest BCUT2D eigenvalue weighted by Crippen LogP contribution is 2.25. The fraction of sp³-hybridized carbons (Fsp3) is 0.360. The van der Waals surface area contributed by atoms with E-state index in [-0.39, 0.29) is 36.8 Å². The van der Waals surface area contributed by atoms with Crippen molar-refractivity contribution >= 4 is 17.5 Å². The number of aromatic nitrogens is 5. The Bertz CT molecular complexity index is 1470. The van der Waals surface area contributed by atoms with Crippen LogP contribution in [0.5, 0.6) is 0 Å². The number of hydrogen-bond acceptors (Lipinski definition) is 8. The Hall–Kier alpha value is -4.28. The van der Waals surface area contributed by atoms with Gasteiger partial charge in [0, 0.05) is 24.8 Å². The molecule has 36 heavy (non-hydrogen) atoms. The Labute approximate surface area is 206 Å². The predicted octanol–water partition coefficient (Wildman–Crippen LogP) is 2.32. The second kappa shape index (κ2) is 9.76. The van der Waals surface area contributed by atoms with Crippen LogP contribution in [0, 0.1) is 12.8 Å². The smallest absolute Gasteiger partial charge is 0.350 e. The van der Waals surface area contributed by atoms with Gasteiger partial charge in [-0.1, -0.05) is 35.0 Å². The van der Waals surface area contributed by atoms with Gasteiger partial charge in [-0.05, 0) is 38.8 Å². The molecule has 4 heterocycles. The predicted molar refractivity (Wildman–Crippen MR) is 129 cm³/mol. The molecule has 0 N–H and O–H groups in total. The summed E-state index contributed by atoms with van der Waals surface area (Å²) in [6, 6.07) is 11.1. The summed E-state index contributed by atoms with van der Waals surface area (Å²) in [5.41, 5.74) is 2.24. The molecule has 1 amide bonds. The third-order valence-electron chi connectivity index (χ3n) is 6.25. The maximum atomic E-state index is 13.0. The lowest BCUT2D eigenvalue weighted by Crippen LogP contribution is -2.45. The molecule has 1 fully saturated rings. The number of esters is 1. The van der Waals surface area contributed by atoms with Gasteiger partial charge in [-0.3, -0.25) is 9.59 Å². The van der Waals surface area contributed by atoms with Gasteiger partial charge in [0.1, 0.15) is 6.54 Å². The summed E-state index contributed by atoms with van der Waals surface area (Å²) >= 11 is 0.